The van der Waals surface area contributed by atoms with Crippen molar-refractivity contribution >= 4 is 34.3 Å². The number of carbonyl (C=O) groups is 1. The smallest absolute Gasteiger partial charge is 0.253 e. The van der Waals surface area contributed by atoms with E-state index < -0.39 is 0 Å². The van der Waals surface area contributed by atoms with Gasteiger partial charge in [0.25, 0.3) is 5.91 Å². The number of benzene rings is 1. The number of ether oxygens (including phenoxy) is 1. The lowest BCUT2D eigenvalue weighted by molar-refractivity contribution is 0.0938. The molecule has 0 fully saturated rings. The minimum Gasteiger partial charge on any atom is -0.495 e. The van der Waals surface area contributed by atoms with E-state index in [4.69, 9.17) is 4.74 Å². The second-order valence-corrected chi connectivity index (χ2v) is 9.07. The predicted octanol–water partition coefficient (Wildman–Crippen LogP) is 4.73. The lowest BCUT2D eigenvalue weighted by atomic mass is 10.2. The fraction of sp³-hybridized carbons (Fsp3) is 0.167. The van der Waals surface area contributed by atoms with E-state index >= 15 is 0 Å². The van der Waals surface area contributed by atoms with Crippen LogP contribution in [0.15, 0.2) is 61.2 Å². The summed E-state index contributed by atoms with van der Waals surface area (Å²) in [6, 6.07) is 13.2. The number of aryl methyl sites for hydroxylation is 1. The van der Waals surface area contributed by atoms with Gasteiger partial charge < -0.3 is 15.4 Å². The van der Waals surface area contributed by atoms with Crippen LogP contribution >= 0.6 is 11.3 Å². The van der Waals surface area contributed by atoms with Crippen molar-refractivity contribution in [3.05, 3.63) is 77.5 Å². The maximum atomic E-state index is 13.2. The Hall–Kier alpha value is -4.18. The lowest BCUT2D eigenvalue weighted by Crippen LogP contribution is -2.27. The number of rotatable bonds is 7. The summed E-state index contributed by atoms with van der Waals surface area (Å²) in [6.45, 7) is 3.91. The van der Waals surface area contributed by atoms with E-state index in [1.807, 2.05) is 48.0 Å². The number of fused-ring (bicyclic) bond motifs is 1. The van der Waals surface area contributed by atoms with Crippen LogP contribution in [-0.2, 0) is 0 Å². The van der Waals surface area contributed by atoms with Gasteiger partial charge in [-0.25, -0.2) is 9.97 Å². The maximum absolute atomic E-state index is 13.2. The highest BCUT2D eigenvalue weighted by atomic mass is 32.1. The number of pyridine rings is 1. The number of H-pyrrole nitrogens is 1. The number of nitrogens with zero attached hydrogens (tertiary/aromatic N) is 4. The normalized spacial score (nSPS) is 12.0. The first-order valence-electron chi connectivity index (χ1n) is 10.7. The molecular weight excluding hydrogens is 450 g/mol. The Kier molecular flexibility index (Phi) is 5.72. The van der Waals surface area contributed by atoms with Crippen LogP contribution in [0.5, 0.6) is 5.75 Å². The van der Waals surface area contributed by atoms with Gasteiger partial charge in [0.1, 0.15) is 17.9 Å². The number of nitrogens with one attached hydrogen (secondary N) is 3. The Balaban J connectivity index is 1.59. The number of thiophene rings is 1. The van der Waals surface area contributed by atoms with Crippen molar-refractivity contribution in [1.29, 1.82) is 0 Å². The Bertz CT molecular complexity index is 1460. The van der Waals surface area contributed by atoms with Crippen LogP contribution in [0.2, 0.25) is 0 Å². The topological polar surface area (TPSA) is 109 Å². The minimum atomic E-state index is -0.335. The van der Waals surface area contributed by atoms with Crippen molar-refractivity contribution in [2.45, 2.75) is 19.9 Å². The van der Waals surface area contributed by atoms with Crippen molar-refractivity contribution in [1.82, 2.24) is 29.9 Å². The molecule has 0 unspecified atom stereocenters. The summed E-state index contributed by atoms with van der Waals surface area (Å²) in [6.07, 6.45) is 5.05. The maximum Gasteiger partial charge on any atom is 0.253 e. The van der Waals surface area contributed by atoms with Crippen molar-refractivity contribution in [3.8, 4) is 16.3 Å². The molecule has 4 heterocycles. The minimum absolute atomic E-state index is 0.240. The third-order valence-corrected chi connectivity index (χ3v) is 6.45. The lowest BCUT2D eigenvalue weighted by Gasteiger charge is -2.15. The van der Waals surface area contributed by atoms with Crippen LogP contribution in [0.4, 0.5) is 11.4 Å². The monoisotopic (exact) mass is 473 g/mol. The molecule has 1 atom stereocenters. The standard InChI is InChI=1S/C24H23N7O2S/c1-14-8-9-21(34-14)19-11-25-23-18(29-17-6-4-5-7-20(17)33-3)10-16(12-31(19)23)24(32)28-15(2)22-26-13-27-30-22/h4-13,15,29H,1-3H3,(H,28,32)(H,26,27,30)/t15-/m0/s1. The first-order chi connectivity index (χ1) is 16.5. The van der Waals surface area contributed by atoms with Crippen molar-refractivity contribution in [3.63, 3.8) is 0 Å². The van der Waals surface area contributed by atoms with Gasteiger partial charge in [0, 0.05) is 11.1 Å². The third-order valence-electron chi connectivity index (χ3n) is 5.43. The van der Waals surface area contributed by atoms with Crippen LogP contribution in [0, 0.1) is 6.92 Å². The number of para-hydroxylation sites is 2. The number of methoxy groups -OCH3 is 1. The summed E-state index contributed by atoms with van der Waals surface area (Å²) in [7, 11) is 1.62. The quantitative estimate of drug-likeness (QED) is 0.315. The van der Waals surface area contributed by atoms with Crippen molar-refractivity contribution < 1.29 is 9.53 Å². The highest BCUT2D eigenvalue weighted by Gasteiger charge is 2.19. The van der Waals surface area contributed by atoms with Gasteiger partial charge in [-0.1, -0.05) is 12.1 Å². The van der Waals surface area contributed by atoms with Gasteiger partial charge in [-0.2, -0.15) is 5.10 Å². The molecule has 0 aliphatic carbocycles. The van der Waals surface area contributed by atoms with Gasteiger partial charge in [0.15, 0.2) is 5.65 Å². The molecule has 5 rings (SSSR count). The Labute approximate surface area is 199 Å². The summed E-state index contributed by atoms with van der Waals surface area (Å²) >= 11 is 1.68. The van der Waals surface area contributed by atoms with Crippen LogP contribution in [0.3, 0.4) is 0 Å². The van der Waals surface area contributed by atoms with Crippen LogP contribution in [-0.4, -0.2) is 37.6 Å². The van der Waals surface area contributed by atoms with Crippen LogP contribution in [0.25, 0.3) is 16.2 Å². The van der Waals surface area contributed by atoms with E-state index in [1.54, 1.807) is 24.5 Å². The number of hydrogen-bond donors (Lipinski definition) is 3. The van der Waals surface area contributed by atoms with E-state index in [2.05, 4.69) is 49.9 Å². The zero-order valence-electron chi connectivity index (χ0n) is 18.9. The number of aromatic nitrogens is 5. The number of aromatic amines is 1. The van der Waals surface area contributed by atoms with Crippen molar-refractivity contribution in [2.24, 2.45) is 0 Å². The molecular formula is C24H23N7O2S. The Morgan fingerprint density at radius 3 is 2.76 bits per heavy atom. The summed E-state index contributed by atoms with van der Waals surface area (Å²) in [5, 5.41) is 13.0. The molecule has 1 amide bonds. The number of amides is 1. The van der Waals surface area contributed by atoms with Gasteiger partial charge in [0.05, 0.1) is 46.9 Å². The van der Waals surface area contributed by atoms with E-state index in [0.29, 0.717) is 28.5 Å². The van der Waals surface area contributed by atoms with Gasteiger partial charge in [0.2, 0.25) is 0 Å². The molecule has 3 N–H and O–H groups in total. The zero-order valence-corrected chi connectivity index (χ0v) is 19.7. The fourth-order valence-corrected chi connectivity index (χ4v) is 4.60. The van der Waals surface area contributed by atoms with E-state index in [-0.39, 0.29) is 11.9 Å². The summed E-state index contributed by atoms with van der Waals surface area (Å²) in [5.74, 6) is 1.03. The molecule has 34 heavy (non-hydrogen) atoms. The van der Waals surface area contributed by atoms with Crippen molar-refractivity contribution in [2.75, 3.05) is 12.4 Å². The van der Waals surface area contributed by atoms with Gasteiger partial charge in [-0.05, 0) is 44.2 Å². The molecule has 0 saturated carbocycles. The molecule has 0 bridgehead atoms. The molecule has 172 valence electrons. The second kappa shape index (κ2) is 8.99. The van der Waals surface area contributed by atoms with Gasteiger partial charge in [-0.15, -0.1) is 11.3 Å². The SMILES string of the molecule is COc1ccccc1Nc1cc(C(=O)N[C@@H](C)c2ncn[nH]2)cn2c(-c3ccc(C)s3)cnc12. The predicted molar refractivity (Wildman–Crippen MR) is 132 cm³/mol. The fourth-order valence-electron chi connectivity index (χ4n) is 3.72. The molecule has 0 saturated heterocycles. The number of carbonyl (C=O) groups excluding carboxylic acids is 1. The number of hydrogen-bond acceptors (Lipinski definition) is 7. The molecule has 0 radical (unpaired) electrons. The van der Waals surface area contributed by atoms with Gasteiger partial charge >= 0.3 is 0 Å². The zero-order chi connectivity index (χ0) is 23.7. The van der Waals surface area contributed by atoms with Crippen LogP contribution in [0.1, 0.15) is 34.0 Å². The summed E-state index contributed by atoms with van der Waals surface area (Å²) < 4.78 is 7.44. The molecule has 10 heteroatoms. The molecule has 1 aromatic carbocycles. The largest absolute Gasteiger partial charge is 0.495 e. The highest BCUT2D eigenvalue weighted by molar-refractivity contribution is 7.15. The molecule has 0 spiro atoms. The average Bonchev–Trinajstić information content (AvgIpc) is 3.60. The molecule has 0 aliphatic heterocycles. The third kappa shape index (κ3) is 4.11. The van der Waals surface area contributed by atoms with Gasteiger partial charge in [-0.3, -0.25) is 14.3 Å². The van der Waals surface area contributed by atoms with E-state index in [0.717, 1.165) is 16.3 Å². The number of imidazole rings is 1. The first kappa shape index (κ1) is 21.7. The molecule has 5 aromatic rings. The number of anilines is 2. The second-order valence-electron chi connectivity index (χ2n) is 7.78. The highest BCUT2D eigenvalue weighted by Crippen LogP contribution is 2.33. The molecule has 4 aromatic heterocycles. The molecule has 0 aliphatic rings. The average molecular weight is 474 g/mol. The summed E-state index contributed by atoms with van der Waals surface area (Å²) in [4.78, 5) is 24.3. The van der Waals surface area contributed by atoms with Crippen LogP contribution < -0.4 is 15.4 Å². The van der Waals surface area contributed by atoms with E-state index in [9.17, 15) is 4.79 Å². The Morgan fingerprint density at radius 1 is 1.18 bits per heavy atom. The first-order valence-corrected chi connectivity index (χ1v) is 11.5. The summed E-state index contributed by atoms with van der Waals surface area (Å²) in [5.41, 5.74) is 3.55. The Morgan fingerprint density at radius 2 is 2.03 bits per heavy atom. The van der Waals surface area contributed by atoms with E-state index in [1.165, 1.54) is 11.2 Å². The molecule has 9 nitrogen and oxygen atoms in total.